The van der Waals surface area contributed by atoms with Gasteiger partial charge in [0.25, 0.3) is 0 Å². The zero-order valence-electron chi connectivity index (χ0n) is 13.8. The predicted octanol–water partition coefficient (Wildman–Crippen LogP) is 1.65. The Morgan fingerprint density at radius 2 is 1.85 bits per heavy atom. The number of rotatable bonds is 2. The van der Waals surface area contributed by atoms with E-state index >= 15 is 0 Å². The number of furan rings is 1. The number of anilines is 2. The Bertz CT molecular complexity index is 1090. The molecule has 4 aromatic heterocycles. The van der Waals surface area contributed by atoms with Gasteiger partial charge in [0.05, 0.1) is 24.2 Å². The number of fused-ring (bicyclic) bond motifs is 3. The van der Waals surface area contributed by atoms with Crippen LogP contribution in [0.5, 0.6) is 0 Å². The van der Waals surface area contributed by atoms with Crippen LogP contribution in [-0.2, 0) is 4.74 Å². The highest BCUT2D eigenvalue weighted by molar-refractivity contribution is 6.05. The average molecular weight is 349 g/mol. The van der Waals surface area contributed by atoms with Crippen LogP contribution in [0.15, 0.2) is 35.1 Å². The van der Waals surface area contributed by atoms with Crippen LogP contribution in [0.2, 0.25) is 0 Å². The molecule has 1 fully saturated rings. The predicted molar refractivity (Wildman–Crippen MR) is 95.6 cm³/mol. The minimum atomic E-state index is 0.209. The largest absolute Gasteiger partial charge is 0.432 e. The van der Waals surface area contributed by atoms with Crippen LogP contribution in [0.4, 0.5) is 11.8 Å². The molecule has 5 rings (SSSR count). The first-order valence-corrected chi connectivity index (χ1v) is 8.25. The Kier molecular flexibility index (Phi) is 3.39. The quantitative estimate of drug-likeness (QED) is 0.576. The maximum absolute atomic E-state index is 5.98. The van der Waals surface area contributed by atoms with E-state index in [4.69, 9.17) is 24.9 Å². The molecule has 0 aromatic carbocycles. The Hall–Kier alpha value is -3.33. The molecular formula is C17H15N7O2. The smallest absolute Gasteiger partial charge is 0.229 e. The number of ether oxygens (including phenoxy) is 1. The molecule has 9 heteroatoms. The topological polar surface area (TPSA) is 116 Å². The molecule has 1 aliphatic rings. The first kappa shape index (κ1) is 15.0. The lowest BCUT2D eigenvalue weighted by atomic mass is 10.2. The van der Waals surface area contributed by atoms with Gasteiger partial charge in [0.15, 0.2) is 17.2 Å². The van der Waals surface area contributed by atoms with Crippen molar-refractivity contribution < 1.29 is 9.15 Å². The van der Waals surface area contributed by atoms with Gasteiger partial charge in [-0.1, -0.05) is 0 Å². The molecule has 9 nitrogen and oxygen atoms in total. The standard InChI is InChI=1S/C17H15N7O2/c18-17-20-8-10(9-21-17)14-22-12-11-2-1-3-19-16(11)26-13(12)15(23-14)24-4-6-25-7-5-24/h1-3,8-9H,4-7H2,(H2,18,20,21). The third kappa shape index (κ3) is 2.40. The molecule has 0 atom stereocenters. The molecule has 1 aliphatic heterocycles. The highest BCUT2D eigenvalue weighted by Gasteiger charge is 2.22. The fourth-order valence-corrected chi connectivity index (χ4v) is 3.04. The minimum Gasteiger partial charge on any atom is -0.432 e. The van der Waals surface area contributed by atoms with E-state index in [-0.39, 0.29) is 5.95 Å². The molecule has 0 bridgehead atoms. The van der Waals surface area contributed by atoms with Crippen LogP contribution in [-0.4, -0.2) is 51.2 Å². The third-order valence-electron chi connectivity index (χ3n) is 4.31. The second kappa shape index (κ2) is 5.88. The van der Waals surface area contributed by atoms with Crippen molar-refractivity contribution in [1.29, 1.82) is 0 Å². The fourth-order valence-electron chi connectivity index (χ4n) is 3.04. The molecule has 0 spiro atoms. The molecule has 4 aromatic rings. The molecule has 0 unspecified atom stereocenters. The molecule has 0 radical (unpaired) electrons. The van der Waals surface area contributed by atoms with Gasteiger partial charge in [0.2, 0.25) is 11.7 Å². The maximum atomic E-state index is 5.98. The zero-order chi connectivity index (χ0) is 17.5. The summed E-state index contributed by atoms with van der Waals surface area (Å²) in [6.45, 7) is 2.75. The van der Waals surface area contributed by atoms with Gasteiger partial charge in [-0.05, 0) is 12.1 Å². The Labute approximate surface area is 147 Å². The van der Waals surface area contributed by atoms with E-state index in [1.54, 1.807) is 18.6 Å². The van der Waals surface area contributed by atoms with Crippen LogP contribution in [0.3, 0.4) is 0 Å². The zero-order valence-corrected chi connectivity index (χ0v) is 13.8. The van der Waals surface area contributed by atoms with E-state index in [1.807, 2.05) is 12.1 Å². The summed E-state index contributed by atoms with van der Waals surface area (Å²) in [5.41, 5.74) is 8.16. The summed E-state index contributed by atoms with van der Waals surface area (Å²) >= 11 is 0. The summed E-state index contributed by atoms with van der Waals surface area (Å²) in [5, 5.41) is 0.844. The van der Waals surface area contributed by atoms with Crippen LogP contribution in [0, 0.1) is 0 Å². The number of nitrogens with two attached hydrogens (primary N) is 1. The molecule has 1 saturated heterocycles. The SMILES string of the molecule is Nc1ncc(-c2nc(N3CCOCC3)c3oc4ncccc4c3n2)cn1. The van der Waals surface area contributed by atoms with Gasteiger partial charge >= 0.3 is 0 Å². The fraction of sp³-hybridized carbons (Fsp3) is 0.235. The highest BCUT2D eigenvalue weighted by Crippen LogP contribution is 2.34. The number of hydrogen-bond acceptors (Lipinski definition) is 9. The summed E-state index contributed by atoms with van der Waals surface area (Å²) in [4.78, 5) is 24.0. The molecule has 0 aliphatic carbocycles. The van der Waals surface area contributed by atoms with Crippen molar-refractivity contribution >= 4 is 34.0 Å². The summed E-state index contributed by atoms with van der Waals surface area (Å²) in [5.74, 6) is 1.45. The van der Waals surface area contributed by atoms with Crippen LogP contribution in [0.1, 0.15) is 0 Å². The minimum absolute atomic E-state index is 0.209. The molecular weight excluding hydrogens is 334 g/mol. The number of nitrogens with zero attached hydrogens (tertiary/aromatic N) is 6. The van der Waals surface area contributed by atoms with Crippen molar-refractivity contribution in [1.82, 2.24) is 24.9 Å². The molecule has 0 saturated carbocycles. The van der Waals surface area contributed by atoms with Crippen molar-refractivity contribution in [3.05, 3.63) is 30.7 Å². The lowest BCUT2D eigenvalue weighted by Crippen LogP contribution is -2.37. The molecule has 2 N–H and O–H groups in total. The number of pyridine rings is 1. The van der Waals surface area contributed by atoms with Crippen molar-refractivity contribution in [2.75, 3.05) is 36.9 Å². The summed E-state index contributed by atoms with van der Waals surface area (Å²) in [6.07, 6.45) is 4.93. The lowest BCUT2D eigenvalue weighted by molar-refractivity contribution is 0.122. The van der Waals surface area contributed by atoms with Crippen LogP contribution in [0.25, 0.3) is 33.6 Å². The average Bonchev–Trinajstić information content (AvgIpc) is 3.07. The van der Waals surface area contributed by atoms with Crippen molar-refractivity contribution in [3.63, 3.8) is 0 Å². The number of nitrogen functional groups attached to an aromatic ring is 1. The van der Waals surface area contributed by atoms with E-state index in [0.717, 1.165) is 29.8 Å². The summed E-state index contributed by atoms with van der Waals surface area (Å²) in [7, 11) is 0. The van der Waals surface area contributed by atoms with Gasteiger partial charge in [-0.25, -0.2) is 24.9 Å². The van der Waals surface area contributed by atoms with E-state index in [2.05, 4.69) is 19.9 Å². The number of aromatic nitrogens is 5. The van der Waals surface area contributed by atoms with Gasteiger partial charge in [0, 0.05) is 31.7 Å². The highest BCUT2D eigenvalue weighted by atomic mass is 16.5. The number of hydrogen-bond donors (Lipinski definition) is 1. The third-order valence-corrected chi connectivity index (χ3v) is 4.31. The number of morpholine rings is 1. The molecule has 130 valence electrons. The van der Waals surface area contributed by atoms with Gasteiger partial charge in [0.1, 0.15) is 5.52 Å². The maximum Gasteiger partial charge on any atom is 0.229 e. The first-order valence-electron chi connectivity index (χ1n) is 8.25. The Morgan fingerprint density at radius 3 is 2.65 bits per heavy atom. The van der Waals surface area contributed by atoms with E-state index in [0.29, 0.717) is 35.9 Å². The van der Waals surface area contributed by atoms with Gasteiger partial charge < -0.3 is 19.8 Å². The molecule has 0 amide bonds. The second-order valence-electron chi connectivity index (χ2n) is 5.94. The van der Waals surface area contributed by atoms with Crippen LogP contribution >= 0.6 is 0 Å². The monoisotopic (exact) mass is 349 g/mol. The van der Waals surface area contributed by atoms with Crippen LogP contribution < -0.4 is 10.6 Å². The van der Waals surface area contributed by atoms with Gasteiger partial charge in [-0.2, -0.15) is 0 Å². The van der Waals surface area contributed by atoms with E-state index < -0.39 is 0 Å². The van der Waals surface area contributed by atoms with Gasteiger partial charge in [-0.3, -0.25) is 0 Å². The second-order valence-corrected chi connectivity index (χ2v) is 5.94. The first-order chi connectivity index (χ1) is 12.8. The van der Waals surface area contributed by atoms with Crippen molar-refractivity contribution in [2.45, 2.75) is 0 Å². The summed E-state index contributed by atoms with van der Waals surface area (Å²) in [6, 6.07) is 3.80. The Balaban J connectivity index is 1.77. The molecule has 26 heavy (non-hydrogen) atoms. The normalized spacial score (nSPS) is 15.0. The summed E-state index contributed by atoms with van der Waals surface area (Å²) < 4.78 is 11.4. The van der Waals surface area contributed by atoms with Crippen molar-refractivity contribution in [2.24, 2.45) is 0 Å². The van der Waals surface area contributed by atoms with Gasteiger partial charge in [-0.15, -0.1) is 0 Å². The van der Waals surface area contributed by atoms with E-state index in [9.17, 15) is 0 Å². The Morgan fingerprint density at radius 1 is 1.04 bits per heavy atom. The lowest BCUT2D eigenvalue weighted by Gasteiger charge is -2.27. The van der Waals surface area contributed by atoms with Crippen molar-refractivity contribution in [3.8, 4) is 11.4 Å². The molecule has 5 heterocycles. The van der Waals surface area contributed by atoms with E-state index in [1.165, 1.54) is 0 Å².